The quantitative estimate of drug-likeness (QED) is 0.933. The summed E-state index contributed by atoms with van der Waals surface area (Å²) in [6, 6.07) is 6.09. The second-order valence-corrected chi connectivity index (χ2v) is 5.91. The van der Waals surface area contributed by atoms with E-state index in [1.807, 2.05) is 6.92 Å². The van der Waals surface area contributed by atoms with Gasteiger partial charge in [-0.05, 0) is 31.9 Å². The fourth-order valence-electron chi connectivity index (χ4n) is 2.72. The number of anilines is 2. The van der Waals surface area contributed by atoms with Gasteiger partial charge in [0.1, 0.15) is 28.6 Å². The van der Waals surface area contributed by atoms with Crippen molar-refractivity contribution in [1.29, 1.82) is 5.26 Å². The minimum absolute atomic E-state index is 0.298. The number of nitriles is 1. The van der Waals surface area contributed by atoms with Gasteiger partial charge in [-0.25, -0.2) is 15.0 Å². The summed E-state index contributed by atoms with van der Waals surface area (Å²) in [4.78, 5) is 14.9. The summed E-state index contributed by atoms with van der Waals surface area (Å²) in [7, 11) is 0. The minimum Gasteiger partial charge on any atom is -0.366 e. The van der Waals surface area contributed by atoms with E-state index in [0.717, 1.165) is 31.7 Å². The third-order valence-electron chi connectivity index (χ3n) is 3.91. The second kappa shape index (κ2) is 6.80. The van der Waals surface area contributed by atoms with E-state index in [-0.39, 0.29) is 0 Å². The van der Waals surface area contributed by atoms with E-state index in [4.69, 9.17) is 11.6 Å². The fourth-order valence-corrected chi connectivity index (χ4v) is 2.87. The molecule has 2 aromatic heterocycles. The monoisotopic (exact) mass is 328 g/mol. The Hall–Kier alpha value is -2.39. The molecule has 1 saturated heterocycles. The van der Waals surface area contributed by atoms with Crippen LogP contribution in [-0.4, -0.2) is 34.1 Å². The fraction of sp³-hybridized carbons (Fsp3) is 0.375. The van der Waals surface area contributed by atoms with Gasteiger partial charge in [-0.3, -0.25) is 0 Å². The summed E-state index contributed by atoms with van der Waals surface area (Å²) in [5, 5.41) is 13.1. The molecule has 1 N–H and O–H groups in total. The molecule has 23 heavy (non-hydrogen) atoms. The molecular weight excluding hydrogens is 312 g/mol. The van der Waals surface area contributed by atoms with Gasteiger partial charge in [0.2, 0.25) is 0 Å². The molecular formula is C16H17ClN6. The first kappa shape index (κ1) is 15.5. The van der Waals surface area contributed by atoms with Crippen molar-refractivity contribution in [2.75, 3.05) is 23.3 Å². The average molecular weight is 329 g/mol. The molecule has 0 atom stereocenters. The Morgan fingerprint density at radius 1 is 1.35 bits per heavy atom. The van der Waals surface area contributed by atoms with Gasteiger partial charge in [-0.15, -0.1) is 0 Å². The van der Waals surface area contributed by atoms with Crippen LogP contribution in [0.1, 0.15) is 24.2 Å². The standard InChI is InChI=1S/C16H17ClN6/c1-11-20-10-14(17)15(21-11)22-13-4-7-23(8-5-13)16-12(9-18)3-2-6-19-16/h2-3,6,10,13H,4-5,7-8H2,1H3,(H,20,21,22). The van der Waals surface area contributed by atoms with E-state index < -0.39 is 0 Å². The Morgan fingerprint density at radius 3 is 2.87 bits per heavy atom. The topological polar surface area (TPSA) is 77.7 Å². The van der Waals surface area contributed by atoms with Gasteiger partial charge in [0, 0.05) is 25.3 Å². The number of pyridine rings is 1. The summed E-state index contributed by atoms with van der Waals surface area (Å²) in [5.41, 5.74) is 0.619. The lowest BCUT2D eigenvalue weighted by Gasteiger charge is -2.33. The molecule has 0 amide bonds. The number of piperidine rings is 1. The van der Waals surface area contributed by atoms with Gasteiger partial charge in [0.25, 0.3) is 0 Å². The number of aromatic nitrogens is 3. The van der Waals surface area contributed by atoms with E-state index in [2.05, 4.69) is 31.2 Å². The van der Waals surface area contributed by atoms with Crippen LogP contribution in [-0.2, 0) is 0 Å². The van der Waals surface area contributed by atoms with Crippen LogP contribution < -0.4 is 10.2 Å². The van der Waals surface area contributed by atoms with Crippen molar-refractivity contribution >= 4 is 23.2 Å². The predicted molar refractivity (Wildman–Crippen MR) is 89.6 cm³/mol. The normalized spacial score (nSPS) is 15.3. The summed E-state index contributed by atoms with van der Waals surface area (Å²) in [6.07, 6.45) is 5.21. The largest absolute Gasteiger partial charge is 0.366 e. The highest BCUT2D eigenvalue weighted by Crippen LogP contribution is 2.25. The second-order valence-electron chi connectivity index (χ2n) is 5.51. The lowest BCUT2D eigenvalue weighted by Crippen LogP contribution is -2.40. The molecule has 7 heteroatoms. The number of hydrogen-bond acceptors (Lipinski definition) is 6. The Labute approximate surface area is 140 Å². The Kier molecular flexibility index (Phi) is 4.58. The molecule has 1 aliphatic rings. The van der Waals surface area contributed by atoms with Gasteiger partial charge in [0.05, 0.1) is 11.8 Å². The maximum Gasteiger partial charge on any atom is 0.148 e. The van der Waals surface area contributed by atoms with Crippen LogP contribution in [0.25, 0.3) is 0 Å². The van der Waals surface area contributed by atoms with Crippen LogP contribution >= 0.6 is 11.6 Å². The molecule has 0 spiro atoms. The molecule has 2 aromatic rings. The van der Waals surface area contributed by atoms with Gasteiger partial charge in [-0.2, -0.15) is 5.26 Å². The number of aryl methyl sites for hydroxylation is 1. The first-order valence-corrected chi connectivity index (χ1v) is 7.91. The summed E-state index contributed by atoms with van der Waals surface area (Å²) >= 11 is 6.14. The summed E-state index contributed by atoms with van der Waals surface area (Å²) < 4.78 is 0. The molecule has 0 aliphatic carbocycles. The van der Waals surface area contributed by atoms with E-state index in [1.54, 1.807) is 24.5 Å². The Bertz CT molecular complexity index is 734. The number of hydrogen-bond donors (Lipinski definition) is 1. The zero-order valence-corrected chi connectivity index (χ0v) is 13.6. The SMILES string of the molecule is Cc1ncc(Cl)c(NC2CCN(c3ncccc3C#N)CC2)n1. The van der Waals surface area contributed by atoms with Crippen molar-refractivity contribution < 1.29 is 0 Å². The van der Waals surface area contributed by atoms with Crippen molar-refractivity contribution in [2.24, 2.45) is 0 Å². The van der Waals surface area contributed by atoms with Crippen LogP contribution in [0.15, 0.2) is 24.5 Å². The Balaban J connectivity index is 1.65. The minimum atomic E-state index is 0.298. The van der Waals surface area contributed by atoms with Crippen LogP contribution in [0.3, 0.4) is 0 Å². The summed E-state index contributed by atoms with van der Waals surface area (Å²) in [5.74, 6) is 2.15. The number of rotatable bonds is 3. The van der Waals surface area contributed by atoms with E-state index in [9.17, 15) is 5.26 Å². The highest BCUT2D eigenvalue weighted by Gasteiger charge is 2.22. The number of nitrogens with zero attached hydrogens (tertiary/aromatic N) is 5. The molecule has 1 aliphatic heterocycles. The van der Waals surface area contributed by atoms with E-state index in [1.165, 1.54) is 0 Å². The van der Waals surface area contributed by atoms with Crippen molar-refractivity contribution in [3.63, 3.8) is 0 Å². The third kappa shape index (κ3) is 3.51. The maximum atomic E-state index is 9.19. The predicted octanol–water partition coefficient (Wildman–Crippen LogP) is 2.79. The molecule has 1 fully saturated rings. The molecule has 0 saturated carbocycles. The Morgan fingerprint density at radius 2 is 2.13 bits per heavy atom. The van der Waals surface area contributed by atoms with Crippen LogP contribution in [0.5, 0.6) is 0 Å². The van der Waals surface area contributed by atoms with E-state index >= 15 is 0 Å². The lowest BCUT2D eigenvalue weighted by atomic mass is 10.0. The van der Waals surface area contributed by atoms with Gasteiger partial charge in [-0.1, -0.05) is 11.6 Å². The summed E-state index contributed by atoms with van der Waals surface area (Å²) in [6.45, 7) is 3.52. The maximum absolute atomic E-state index is 9.19. The molecule has 3 rings (SSSR count). The number of nitrogens with one attached hydrogen (secondary N) is 1. The first-order chi connectivity index (χ1) is 11.2. The van der Waals surface area contributed by atoms with Crippen LogP contribution in [0.2, 0.25) is 5.02 Å². The molecule has 118 valence electrons. The highest BCUT2D eigenvalue weighted by atomic mass is 35.5. The van der Waals surface area contributed by atoms with Crippen LogP contribution in [0, 0.1) is 18.3 Å². The van der Waals surface area contributed by atoms with Crippen LogP contribution in [0.4, 0.5) is 11.6 Å². The molecule has 0 unspecified atom stereocenters. The van der Waals surface area contributed by atoms with Gasteiger partial charge < -0.3 is 10.2 Å². The molecule has 0 aromatic carbocycles. The van der Waals surface area contributed by atoms with Gasteiger partial charge >= 0.3 is 0 Å². The number of halogens is 1. The van der Waals surface area contributed by atoms with Crippen molar-refractivity contribution in [3.05, 3.63) is 40.9 Å². The lowest BCUT2D eigenvalue weighted by molar-refractivity contribution is 0.522. The first-order valence-electron chi connectivity index (χ1n) is 7.53. The zero-order valence-electron chi connectivity index (χ0n) is 12.8. The van der Waals surface area contributed by atoms with Gasteiger partial charge in [0.15, 0.2) is 0 Å². The zero-order chi connectivity index (χ0) is 16.2. The highest BCUT2D eigenvalue weighted by molar-refractivity contribution is 6.32. The average Bonchev–Trinajstić information content (AvgIpc) is 2.59. The van der Waals surface area contributed by atoms with E-state index in [0.29, 0.717) is 28.3 Å². The molecule has 3 heterocycles. The molecule has 6 nitrogen and oxygen atoms in total. The van der Waals surface area contributed by atoms with Crippen molar-refractivity contribution in [1.82, 2.24) is 15.0 Å². The van der Waals surface area contributed by atoms with Crippen molar-refractivity contribution in [2.45, 2.75) is 25.8 Å². The third-order valence-corrected chi connectivity index (χ3v) is 4.18. The molecule has 0 radical (unpaired) electrons. The smallest absolute Gasteiger partial charge is 0.148 e. The molecule has 0 bridgehead atoms. The van der Waals surface area contributed by atoms with Crippen molar-refractivity contribution in [3.8, 4) is 6.07 Å².